The Balaban J connectivity index is 2.48. The number of hydrogen-bond acceptors (Lipinski definition) is 3. The molecule has 1 aromatic rings. The Hall–Kier alpha value is -1.45. The first-order valence-electron chi connectivity index (χ1n) is 4.66. The highest BCUT2D eigenvalue weighted by molar-refractivity contribution is 5.74. The van der Waals surface area contributed by atoms with Gasteiger partial charge in [0.2, 0.25) is 0 Å². The largest absolute Gasteiger partial charge is 0.481 e. The molecule has 0 bridgehead atoms. The van der Waals surface area contributed by atoms with Crippen molar-refractivity contribution >= 4 is 5.97 Å². The van der Waals surface area contributed by atoms with Crippen molar-refractivity contribution in [3.63, 3.8) is 0 Å². The smallest absolute Gasteiger partial charge is 0.307 e. The summed E-state index contributed by atoms with van der Waals surface area (Å²) in [5.41, 5.74) is 1.68. The van der Waals surface area contributed by atoms with E-state index in [1.165, 1.54) is 0 Å². The number of aromatic nitrogens is 2. The Morgan fingerprint density at radius 1 is 1.21 bits per heavy atom. The monoisotopic (exact) mass is 192 g/mol. The maximum Gasteiger partial charge on any atom is 0.307 e. The van der Waals surface area contributed by atoms with Gasteiger partial charge in [0.05, 0.1) is 17.3 Å². The standard InChI is InChI=1S/C10H12N2O2/c1-5-7(10(13)14)6(2)9-8(5)11-3-4-12-9/h3-7H,1-2H3,(H,13,14). The number of carbonyl (C=O) groups is 1. The number of carboxylic acids is 1. The molecule has 0 radical (unpaired) electrons. The minimum Gasteiger partial charge on any atom is -0.481 e. The molecule has 1 aliphatic rings. The summed E-state index contributed by atoms with van der Waals surface area (Å²) in [7, 11) is 0. The van der Waals surface area contributed by atoms with Crippen LogP contribution in [0.25, 0.3) is 0 Å². The second kappa shape index (κ2) is 3.04. The fraction of sp³-hybridized carbons (Fsp3) is 0.500. The van der Waals surface area contributed by atoms with E-state index < -0.39 is 5.97 Å². The Morgan fingerprint density at radius 3 is 2.00 bits per heavy atom. The number of rotatable bonds is 1. The lowest BCUT2D eigenvalue weighted by Gasteiger charge is -2.13. The van der Waals surface area contributed by atoms with Gasteiger partial charge in [-0.05, 0) is 0 Å². The second-order valence-electron chi connectivity index (χ2n) is 3.77. The zero-order chi connectivity index (χ0) is 10.3. The average Bonchev–Trinajstić information content (AvgIpc) is 2.41. The third-order valence-corrected chi connectivity index (χ3v) is 2.98. The van der Waals surface area contributed by atoms with E-state index in [-0.39, 0.29) is 17.8 Å². The van der Waals surface area contributed by atoms with Crippen LogP contribution in [-0.4, -0.2) is 21.0 Å². The SMILES string of the molecule is CC1c2nccnc2C(C)C1C(=O)O. The van der Waals surface area contributed by atoms with Gasteiger partial charge in [-0.1, -0.05) is 13.8 Å². The first-order chi connectivity index (χ1) is 6.63. The summed E-state index contributed by atoms with van der Waals surface area (Å²) in [6.45, 7) is 3.80. The highest BCUT2D eigenvalue weighted by Gasteiger charge is 2.42. The van der Waals surface area contributed by atoms with Crippen LogP contribution in [-0.2, 0) is 4.79 Å². The van der Waals surface area contributed by atoms with Gasteiger partial charge in [-0.3, -0.25) is 14.8 Å². The molecular weight excluding hydrogens is 180 g/mol. The number of aliphatic carboxylic acids is 1. The van der Waals surface area contributed by atoms with Gasteiger partial charge in [-0.15, -0.1) is 0 Å². The van der Waals surface area contributed by atoms with Crippen LogP contribution in [0.5, 0.6) is 0 Å². The molecule has 2 atom stereocenters. The predicted molar refractivity (Wildman–Crippen MR) is 50.0 cm³/mol. The molecule has 0 spiro atoms. The van der Waals surface area contributed by atoms with Gasteiger partial charge in [-0.25, -0.2) is 0 Å². The topological polar surface area (TPSA) is 63.1 Å². The molecule has 0 saturated heterocycles. The van der Waals surface area contributed by atoms with E-state index in [1.807, 2.05) is 13.8 Å². The predicted octanol–water partition coefficient (Wildman–Crippen LogP) is 1.40. The fourth-order valence-electron chi connectivity index (χ4n) is 2.26. The number of nitrogens with zero attached hydrogens (tertiary/aromatic N) is 2. The minimum absolute atomic E-state index is 0.0359. The number of carboxylic acid groups (broad SMARTS) is 1. The van der Waals surface area contributed by atoms with Crippen LogP contribution in [0, 0.1) is 5.92 Å². The molecule has 0 saturated carbocycles. The van der Waals surface area contributed by atoms with E-state index >= 15 is 0 Å². The highest BCUT2D eigenvalue weighted by atomic mass is 16.4. The van der Waals surface area contributed by atoms with Gasteiger partial charge >= 0.3 is 5.97 Å². The molecule has 0 amide bonds. The summed E-state index contributed by atoms with van der Waals surface area (Å²) >= 11 is 0. The van der Waals surface area contributed by atoms with Gasteiger partial charge in [-0.2, -0.15) is 0 Å². The molecule has 14 heavy (non-hydrogen) atoms. The van der Waals surface area contributed by atoms with Crippen LogP contribution in [0.1, 0.15) is 37.1 Å². The summed E-state index contributed by atoms with van der Waals surface area (Å²) in [5, 5.41) is 9.07. The summed E-state index contributed by atoms with van der Waals surface area (Å²) in [6.07, 6.45) is 3.23. The molecule has 4 nitrogen and oxygen atoms in total. The molecule has 1 aromatic heterocycles. The van der Waals surface area contributed by atoms with Crippen LogP contribution < -0.4 is 0 Å². The van der Waals surface area contributed by atoms with Crippen molar-refractivity contribution in [2.45, 2.75) is 25.7 Å². The molecule has 4 heteroatoms. The molecule has 0 aromatic carbocycles. The summed E-state index contributed by atoms with van der Waals surface area (Å²) in [4.78, 5) is 19.4. The molecule has 1 N–H and O–H groups in total. The molecule has 0 aliphatic heterocycles. The van der Waals surface area contributed by atoms with E-state index in [9.17, 15) is 4.79 Å². The van der Waals surface area contributed by atoms with E-state index in [1.54, 1.807) is 12.4 Å². The van der Waals surface area contributed by atoms with Crippen molar-refractivity contribution in [3.05, 3.63) is 23.8 Å². The van der Waals surface area contributed by atoms with E-state index in [2.05, 4.69) is 9.97 Å². The van der Waals surface area contributed by atoms with Gasteiger partial charge in [0.1, 0.15) is 0 Å². The summed E-state index contributed by atoms with van der Waals surface area (Å²) in [6, 6.07) is 0. The van der Waals surface area contributed by atoms with Crippen LogP contribution in [0.2, 0.25) is 0 Å². The third-order valence-electron chi connectivity index (χ3n) is 2.98. The van der Waals surface area contributed by atoms with Crippen LogP contribution in [0.3, 0.4) is 0 Å². The number of fused-ring (bicyclic) bond motifs is 1. The average molecular weight is 192 g/mol. The van der Waals surface area contributed by atoms with Gasteiger partial charge in [0.25, 0.3) is 0 Å². The molecule has 2 rings (SSSR count). The van der Waals surface area contributed by atoms with Crippen LogP contribution >= 0.6 is 0 Å². The van der Waals surface area contributed by atoms with Crippen molar-refractivity contribution in [2.24, 2.45) is 5.92 Å². The quantitative estimate of drug-likeness (QED) is 0.730. The minimum atomic E-state index is -0.759. The van der Waals surface area contributed by atoms with Crippen LogP contribution in [0.4, 0.5) is 0 Å². The third kappa shape index (κ3) is 1.10. The first-order valence-corrected chi connectivity index (χ1v) is 4.66. The molecule has 74 valence electrons. The molecular formula is C10H12N2O2. The van der Waals surface area contributed by atoms with Crippen molar-refractivity contribution < 1.29 is 9.90 Å². The van der Waals surface area contributed by atoms with E-state index in [0.29, 0.717) is 0 Å². The zero-order valence-electron chi connectivity index (χ0n) is 8.14. The first kappa shape index (κ1) is 9.12. The molecule has 1 aliphatic carbocycles. The van der Waals surface area contributed by atoms with Crippen molar-refractivity contribution in [1.29, 1.82) is 0 Å². The maximum absolute atomic E-state index is 11.0. The second-order valence-corrected chi connectivity index (χ2v) is 3.77. The van der Waals surface area contributed by atoms with Crippen molar-refractivity contribution in [2.75, 3.05) is 0 Å². The van der Waals surface area contributed by atoms with Gasteiger partial charge in [0.15, 0.2) is 0 Å². The van der Waals surface area contributed by atoms with Crippen molar-refractivity contribution in [3.8, 4) is 0 Å². The molecule has 1 heterocycles. The van der Waals surface area contributed by atoms with Gasteiger partial charge in [0, 0.05) is 24.2 Å². The van der Waals surface area contributed by atoms with Crippen LogP contribution in [0.15, 0.2) is 12.4 Å². The fourth-order valence-corrected chi connectivity index (χ4v) is 2.26. The zero-order valence-corrected chi connectivity index (χ0v) is 8.14. The lowest BCUT2D eigenvalue weighted by atomic mass is 9.90. The Labute approximate surface area is 82.0 Å². The summed E-state index contributed by atoms with van der Waals surface area (Å²) < 4.78 is 0. The number of hydrogen-bond donors (Lipinski definition) is 1. The van der Waals surface area contributed by atoms with E-state index in [4.69, 9.17) is 5.11 Å². The lowest BCUT2D eigenvalue weighted by molar-refractivity contribution is -0.142. The normalized spacial score (nSPS) is 30.0. The van der Waals surface area contributed by atoms with Crippen molar-refractivity contribution in [1.82, 2.24) is 9.97 Å². The maximum atomic E-state index is 11.0. The Kier molecular flexibility index (Phi) is 1.98. The van der Waals surface area contributed by atoms with Gasteiger partial charge < -0.3 is 5.11 Å². The molecule has 2 unspecified atom stereocenters. The summed E-state index contributed by atoms with van der Waals surface area (Å²) in [5.74, 6) is -1.21. The van der Waals surface area contributed by atoms with E-state index in [0.717, 1.165) is 11.4 Å². The Bertz CT molecular complexity index is 349. The lowest BCUT2D eigenvalue weighted by Crippen LogP contribution is -2.19. The molecule has 0 fully saturated rings. The Morgan fingerprint density at radius 2 is 1.64 bits per heavy atom. The highest BCUT2D eigenvalue weighted by Crippen LogP contribution is 2.43.